The minimum absolute atomic E-state index is 0.0967. The van der Waals surface area contributed by atoms with Crippen LogP contribution in [0.2, 0.25) is 0 Å². The molecule has 1 aliphatic rings. The van der Waals surface area contributed by atoms with E-state index in [1.54, 1.807) is 0 Å². The number of nitrogens with zero attached hydrogens (tertiary/aromatic N) is 1. The number of rotatable bonds is 2. The second kappa shape index (κ2) is 4.30. The first-order valence-corrected chi connectivity index (χ1v) is 6.52. The molecule has 2 unspecified atom stereocenters. The van der Waals surface area contributed by atoms with Gasteiger partial charge in [0.05, 0.1) is 0 Å². The number of thiol groups is 1. The number of nitrogens with one attached hydrogen (secondary N) is 1. The Hall–Kier alpha value is 1.00. The Morgan fingerprint density at radius 3 is 2.55 bits per heavy atom. The van der Waals surface area contributed by atoms with Crippen molar-refractivity contribution in [3.63, 3.8) is 0 Å². The maximum absolute atomic E-state index is 4.48. The van der Waals surface area contributed by atoms with Gasteiger partial charge in [-0.15, -0.1) is 0 Å². The SMILES string of the molecule is CC(S)C1CN[I-]N1C(C)C. The first-order valence-electron chi connectivity index (χ1n) is 3.96. The molecule has 2 atom stereocenters. The number of halogens is 1. The van der Waals surface area contributed by atoms with E-state index >= 15 is 0 Å². The first kappa shape index (κ1) is 10.1. The molecule has 1 rings (SSSR count). The van der Waals surface area contributed by atoms with Crippen molar-refractivity contribution in [1.29, 1.82) is 0 Å². The van der Waals surface area contributed by atoms with Crippen molar-refractivity contribution in [1.82, 2.24) is 6.64 Å². The van der Waals surface area contributed by atoms with E-state index < -0.39 is 0 Å². The van der Waals surface area contributed by atoms with Crippen LogP contribution < -0.4 is 25.3 Å². The summed E-state index contributed by atoms with van der Waals surface area (Å²) in [5.41, 5.74) is 0. The molecular formula is C7H16IN2S-. The molecule has 1 N–H and O–H groups in total. The molecule has 2 nitrogen and oxygen atoms in total. The summed E-state index contributed by atoms with van der Waals surface area (Å²) in [7, 11) is 0. The zero-order chi connectivity index (χ0) is 8.43. The van der Waals surface area contributed by atoms with Crippen LogP contribution >= 0.6 is 12.6 Å². The Bertz CT molecular complexity index is 116. The van der Waals surface area contributed by atoms with E-state index in [1.807, 2.05) is 0 Å². The second-order valence-electron chi connectivity index (χ2n) is 3.17. The van der Waals surface area contributed by atoms with E-state index in [-0.39, 0.29) is 21.8 Å². The fourth-order valence-corrected chi connectivity index (χ4v) is 4.33. The van der Waals surface area contributed by atoms with Crippen molar-refractivity contribution < 1.29 is 21.8 Å². The summed E-state index contributed by atoms with van der Waals surface area (Å²) in [5.74, 6) is 0. The maximum atomic E-state index is 4.48. The molecule has 0 aromatic rings. The Balaban J connectivity index is 2.51. The molecular weight excluding hydrogens is 271 g/mol. The first-order chi connectivity index (χ1) is 5.13. The third-order valence-electron chi connectivity index (χ3n) is 1.81. The molecule has 0 bridgehead atoms. The molecule has 1 saturated heterocycles. The van der Waals surface area contributed by atoms with Gasteiger partial charge in [0.2, 0.25) is 0 Å². The summed E-state index contributed by atoms with van der Waals surface area (Å²) in [6.07, 6.45) is 0. The van der Waals surface area contributed by atoms with Crippen molar-refractivity contribution >= 4 is 12.6 Å². The summed E-state index contributed by atoms with van der Waals surface area (Å²) in [6.45, 7) is 7.84. The van der Waals surface area contributed by atoms with Crippen LogP contribution in [0.1, 0.15) is 20.8 Å². The van der Waals surface area contributed by atoms with Crippen LogP contribution in [0.25, 0.3) is 0 Å². The van der Waals surface area contributed by atoms with Crippen molar-refractivity contribution in [2.24, 2.45) is 0 Å². The predicted molar refractivity (Wildman–Crippen MR) is 47.2 cm³/mol. The van der Waals surface area contributed by atoms with E-state index in [2.05, 4.69) is 40.0 Å². The molecule has 11 heavy (non-hydrogen) atoms. The van der Waals surface area contributed by atoms with Gasteiger partial charge in [-0.3, -0.25) is 0 Å². The second-order valence-corrected chi connectivity index (χ2v) is 6.34. The Labute approximate surface area is 85.5 Å². The quantitative estimate of drug-likeness (QED) is 0.344. The molecule has 0 radical (unpaired) electrons. The summed E-state index contributed by atoms with van der Waals surface area (Å²) in [5, 5.41) is 0.493. The van der Waals surface area contributed by atoms with E-state index in [1.165, 1.54) is 0 Å². The van der Waals surface area contributed by atoms with Crippen LogP contribution in [-0.2, 0) is 0 Å². The van der Waals surface area contributed by atoms with Crippen molar-refractivity contribution in [2.75, 3.05) is 6.54 Å². The zero-order valence-corrected chi connectivity index (χ0v) is 10.3. The molecule has 0 aromatic carbocycles. The van der Waals surface area contributed by atoms with Crippen LogP contribution in [0.3, 0.4) is 0 Å². The Morgan fingerprint density at radius 1 is 1.55 bits per heavy atom. The van der Waals surface area contributed by atoms with Crippen molar-refractivity contribution in [3.05, 3.63) is 0 Å². The van der Waals surface area contributed by atoms with Crippen LogP contribution in [0, 0.1) is 0 Å². The van der Waals surface area contributed by atoms with Gasteiger partial charge >= 0.3 is 85.7 Å². The normalized spacial score (nSPS) is 30.5. The Morgan fingerprint density at radius 2 is 2.18 bits per heavy atom. The molecule has 0 aromatic heterocycles. The average molecular weight is 287 g/mol. The monoisotopic (exact) mass is 287 g/mol. The van der Waals surface area contributed by atoms with Gasteiger partial charge in [-0.2, -0.15) is 0 Å². The van der Waals surface area contributed by atoms with Crippen LogP contribution in [0.4, 0.5) is 0 Å². The van der Waals surface area contributed by atoms with E-state index in [4.69, 9.17) is 0 Å². The number of hydrogen-bond donors (Lipinski definition) is 2. The van der Waals surface area contributed by atoms with E-state index in [0.29, 0.717) is 17.3 Å². The fourth-order valence-electron chi connectivity index (χ4n) is 1.19. The third-order valence-corrected chi connectivity index (χ3v) is 5.32. The number of hydrogen-bond acceptors (Lipinski definition) is 3. The van der Waals surface area contributed by atoms with E-state index in [9.17, 15) is 0 Å². The zero-order valence-electron chi connectivity index (χ0n) is 7.21. The Kier molecular flexibility index (Phi) is 3.94. The third kappa shape index (κ3) is 2.47. The van der Waals surface area contributed by atoms with Gasteiger partial charge in [0, 0.05) is 0 Å². The molecule has 0 amide bonds. The molecule has 0 saturated carbocycles. The summed E-state index contributed by atoms with van der Waals surface area (Å²) in [6, 6.07) is 1.34. The standard InChI is InChI=1S/C7H16IN2S/c1-5(2)10-7(6(3)11)4-9-8-10/h5-7,9,11H,4H2,1-3H3/q-1. The van der Waals surface area contributed by atoms with Crippen LogP contribution in [0.15, 0.2) is 0 Å². The van der Waals surface area contributed by atoms with Gasteiger partial charge in [-0.25, -0.2) is 0 Å². The van der Waals surface area contributed by atoms with Gasteiger partial charge in [-0.05, 0) is 0 Å². The van der Waals surface area contributed by atoms with Crippen LogP contribution in [0.5, 0.6) is 0 Å². The molecule has 0 spiro atoms. The van der Waals surface area contributed by atoms with Gasteiger partial charge < -0.3 is 0 Å². The summed E-state index contributed by atoms with van der Waals surface area (Å²) in [4.78, 5) is 0. The van der Waals surface area contributed by atoms with Gasteiger partial charge in [-0.1, -0.05) is 0 Å². The molecule has 1 fully saturated rings. The van der Waals surface area contributed by atoms with Gasteiger partial charge in [0.15, 0.2) is 0 Å². The molecule has 4 heteroatoms. The molecule has 1 heterocycles. The van der Waals surface area contributed by atoms with Crippen LogP contribution in [-0.4, -0.2) is 27.0 Å². The van der Waals surface area contributed by atoms with Crippen molar-refractivity contribution in [2.45, 2.75) is 38.1 Å². The molecule has 68 valence electrons. The molecule has 1 aliphatic heterocycles. The average Bonchev–Trinajstić information content (AvgIpc) is 2.32. The predicted octanol–water partition coefficient (Wildman–Crippen LogP) is -2.09. The topological polar surface area (TPSA) is 15.3 Å². The van der Waals surface area contributed by atoms with Gasteiger partial charge in [0.25, 0.3) is 0 Å². The summed E-state index contributed by atoms with van der Waals surface area (Å²) >= 11 is 4.58. The van der Waals surface area contributed by atoms with Crippen molar-refractivity contribution in [3.8, 4) is 0 Å². The fraction of sp³-hybridized carbons (Fsp3) is 1.00. The molecule has 0 aliphatic carbocycles. The summed E-state index contributed by atoms with van der Waals surface area (Å²) < 4.78 is 6.04. The van der Waals surface area contributed by atoms with E-state index in [0.717, 1.165) is 6.54 Å². The minimum atomic E-state index is 0.0967. The van der Waals surface area contributed by atoms with Gasteiger partial charge in [0.1, 0.15) is 0 Å².